The highest BCUT2D eigenvalue weighted by Crippen LogP contribution is 2.24. The highest BCUT2D eigenvalue weighted by molar-refractivity contribution is 5.83. The first-order chi connectivity index (χ1) is 15.2. The van der Waals surface area contributed by atoms with Gasteiger partial charge in [-0.1, -0.05) is 66.8 Å². The Morgan fingerprint density at radius 2 is 1.91 bits per heavy atom. The summed E-state index contributed by atoms with van der Waals surface area (Å²) in [7, 11) is 0. The number of amidine groups is 1. The number of benzene rings is 1. The zero-order valence-corrected chi connectivity index (χ0v) is 19.4. The van der Waals surface area contributed by atoms with Gasteiger partial charge in [-0.25, -0.2) is 0 Å². The van der Waals surface area contributed by atoms with Gasteiger partial charge >= 0.3 is 0 Å². The lowest BCUT2D eigenvalue weighted by Gasteiger charge is -2.20. The Kier molecular flexibility index (Phi) is 7.25. The molecule has 0 radical (unpaired) electrons. The molecular formula is C26H31N5O. The maximum Gasteiger partial charge on any atom is 0.246 e. The summed E-state index contributed by atoms with van der Waals surface area (Å²) in [6, 6.07) is 11.9. The summed E-state index contributed by atoms with van der Waals surface area (Å²) in [6.45, 7) is 17.1. The van der Waals surface area contributed by atoms with E-state index in [-0.39, 0.29) is 12.5 Å². The molecule has 32 heavy (non-hydrogen) atoms. The highest BCUT2D eigenvalue weighted by Gasteiger charge is 2.20. The van der Waals surface area contributed by atoms with E-state index in [1.165, 1.54) is 11.1 Å². The van der Waals surface area contributed by atoms with Gasteiger partial charge in [-0.2, -0.15) is 5.10 Å². The number of hydrogen-bond donors (Lipinski definition) is 1. The van der Waals surface area contributed by atoms with Crippen molar-refractivity contribution in [2.24, 2.45) is 4.99 Å². The predicted molar refractivity (Wildman–Crippen MR) is 132 cm³/mol. The van der Waals surface area contributed by atoms with Gasteiger partial charge in [0.05, 0.1) is 23.8 Å². The maximum atomic E-state index is 13.1. The molecule has 0 aliphatic carbocycles. The summed E-state index contributed by atoms with van der Waals surface area (Å²) >= 11 is 0. The van der Waals surface area contributed by atoms with Gasteiger partial charge in [0.15, 0.2) is 0 Å². The molecule has 1 aliphatic heterocycles. The summed E-state index contributed by atoms with van der Waals surface area (Å²) in [5.74, 6) is 0.686. The average molecular weight is 430 g/mol. The van der Waals surface area contributed by atoms with E-state index < -0.39 is 0 Å². The number of hydrogen-bond acceptors (Lipinski definition) is 4. The number of nitrogens with zero attached hydrogens (tertiary/aromatic N) is 4. The zero-order chi connectivity index (χ0) is 23.3. The third-order valence-corrected chi connectivity index (χ3v) is 5.36. The minimum absolute atomic E-state index is 0.0697. The normalized spacial score (nSPS) is 14.1. The Balaban J connectivity index is 1.90. The van der Waals surface area contributed by atoms with Gasteiger partial charge in [-0.15, -0.1) is 0 Å². The number of rotatable bonds is 6. The summed E-state index contributed by atoms with van der Waals surface area (Å²) in [6.07, 6.45) is 4.01. The number of carbonyl (C=O) groups is 1. The Morgan fingerprint density at radius 3 is 2.59 bits per heavy atom. The lowest BCUT2D eigenvalue weighted by atomic mass is 10.1. The SMILES string of the molecule is C=C1CN(C(=O)Cn2nc(C(=C)/C=C\C(C)=C(C)C)cc2-c2ccccc2)CN=C(C)N1. The van der Waals surface area contributed by atoms with Crippen molar-refractivity contribution in [2.45, 2.75) is 34.2 Å². The van der Waals surface area contributed by atoms with Crippen LogP contribution in [0.3, 0.4) is 0 Å². The Hall–Kier alpha value is -3.67. The van der Waals surface area contributed by atoms with E-state index in [1.807, 2.05) is 55.5 Å². The molecule has 1 aliphatic rings. The first-order valence-corrected chi connectivity index (χ1v) is 10.6. The van der Waals surface area contributed by atoms with Gasteiger partial charge in [0.1, 0.15) is 13.2 Å². The fourth-order valence-corrected chi connectivity index (χ4v) is 3.22. The summed E-state index contributed by atoms with van der Waals surface area (Å²) in [5.41, 5.74) is 6.58. The van der Waals surface area contributed by atoms with Crippen LogP contribution in [0.25, 0.3) is 16.8 Å². The second kappa shape index (κ2) is 10.1. The largest absolute Gasteiger partial charge is 0.347 e. The summed E-state index contributed by atoms with van der Waals surface area (Å²) in [4.78, 5) is 19.2. The van der Waals surface area contributed by atoms with Gasteiger partial charge < -0.3 is 10.2 Å². The summed E-state index contributed by atoms with van der Waals surface area (Å²) < 4.78 is 1.75. The molecule has 0 saturated carbocycles. The zero-order valence-electron chi connectivity index (χ0n) is 19.4. The molecule has 2 aromatic rings. The van der Waals surface area contributed by atoms with Gasteiger partial charge in [-0.05, 0) is 44.9 Å². The maximum absolute atomic E-state index is 13.1. The van der Waals surface area contributed by atoms with Crippen molar-refractivity contribution in [3.8, 4) is 11.3 Å². The molecule has 6 heteroatoms. The van der Waals surface area contributed by atoms with E-state index >= 15 is 0 Å². The Bertz CT molecular complexity index is 1110. The fraction of sp³-hybridized carbons (Fsp3) is 0.269. The number of aromatic nitrogens is 2. The smallest absolute Gasteiger partial charge is 0.246 e. The molecule has 6 nitrogen and oxygen atoms in total. The van der Waals surface area contributed by atoms with Crippen LogP contribution in [0.4, 0.5) is 0 Å². The van der Waals surface area contributed by atoms with E-state index in [4.69, 9.17) is 5.10 Å². The molecule has 1 aromatic carbocycles. The van der Waals surface area contributed by atoms with Gasteiger partial charge in [0, 0.05) is 5.70 Å². The molecule has 0 saturated heterocycles. The number of allylic oxidation sites excluding steroid dienone is 5. The molecule has 0 bridgehead atoms. The van der Waals surface area contributed by atoms with Crippen molar-refractivity contribution >= 4 is 17.3 Å². The Labute approximate surface area is 190 Å². The summed E-state index contributed by atoms with van der Waals surface area (Å²) in [5, 5.41) is 7.82. The number of nitrogens with one attached hydrogen (secondary N) is 1. The lowest BCUT2D eigenvalue weighted by molar-refractivity contribution is -0.131. The molecule has 166 valence electrons. The molecule has 0 atom stereocenters. The lowest BCUT2D eigenvalue weighted by Crippen LogP contribution is -2.36. The molecule has 3 rings (SSSR count). The van der Waals surface area contributed by atoms with Crippen molar-refractivity contribution in [3.63, 3.8) is 0 Å². The first-order valence-electron chi connectivity index (χ1n) is 10.6. The monoisotopic (exact) mass is 429 g/mol. The minimum Gasteiger partial charge on any atom is -0.347 e. The third kappa shape index (κ3) is 5.72. The van der Waals surface area contributed by atoms with Crippen LogP contribution in [0.5, 0.6) is 0 Å². The molecule has 1 amide bonds. The fourth-order valence-electron chi connectivity index (χ4n) is 3.22. The van der Waals surface area contributed by atoms with Crippen LogP contribution in [0, 0.1) is 0 Å². The topological polar surface area (TPSA) is 62.5 Å². The second-order valence-electron chi connectivity index (χ2n) is 8.19. The van der Waals surface area contributed by atoms with Crippen molar-refractivity contribution in [2.75, 3.05) is 13.2 Å². The van der Waals surface area contributed by atoms with Crippen LogP contribution >= 0.6 is 0 Å². The first kappa shape index (κ1) is 23.0. The number of carbonyl (C=O) groups excluding carboxylic acids is 1. The molecular weight excluding hydrogens is 398 g/mol. The molecule has 0 unspecified atom stereocenters. The number of aliphatic imine (C=N–C) groups is 1. The second-order valence-corrected chi connectivity index (χ2v) is 8.19. The van der Waals surface area contributed by atoms with Crippen LogP contribution in [0.15, 0.2) is 83.5 Å². The molecule has 2 heterocycles. The van der Waals surface area contributed by atoms with Crippen LogP contribution in [-0.4, -0.2) is 39.6 Å². The van der Waals surface area contributed by atoms with Crippen molar-refractivity contribution in [1.82, 2.24) is 20.0 Å². The van der Waals surface area contributed by atoms with Crippen LogP contribution in [-0.2, 0) is 11.3 Å². The predicted octanol–water partition coefficient (Wildman–Crippen LogP) is 4.80. The van der Waals surface area contributed by atoms with E-state index in [1.54, 1.807) is 9.58 Å². The quantitative estimate of drug-likeness (QED) is 0.671. The molecule has 0 spiro atoms. The third-order valence-electron chi connectivity index (χ3n) is 5.36. The van der Waals surface area contributed by atoms with Gasteiger partial charge in [0.25, 0.3) is 0 Å². The molecule has 1 N–H and O–H groups in total. The van der Waals surface area contributed by atoms with E-state index in [0.717, 1.165) is 34.1 Å². The average Bonchev–Trinajstić information content (AvgIpc) is 3.10. The molecule has 1 aromatic heterocycles. The van der Waals surface area contributed by atoms with Crippen molar-refractivity contribution in [1.29, 1.82) is 0 Å². The highest BCUT2D eigenvalue weighted by atomic mass is 16.2. The van der Waals surface area contributed by atoms with E-state index in [9.17, 15) is 4.79 Å². The van der Waals surface area contributed by atoms with Gasteiger partial charge in [-0.3, -0.25) is 14.5 Å². The Morgan fingerprint density at radius 1 is 1.19 bits per heavy atom. The molecule has 0 fully saturated rings. The van der Waals surface area contributed by atoms with Gasteiger partial charge in [0.2, 0.25) is 5.91 Å². The van der Waals surface area contributed by atoms with Crippen LogP contribution in [0.2, 0.25) is 0 Å². The van der Waals surface area contributed by atoms with Crippen LogP contribution in [0.1, 0.15) is 33.4 Å². The number of amides is 1. The standard InChI is InChI=1S/C26H31N5O/c1-18(2)19(3)12-13-20(4)24-14-25(23-10-8-7-9-11-23)31(29-24)16-26(32)30-15-21(5)28-22(6)27-17-30/h7-14H,4-5,15-17H2,1-3,6H3,(H,27,28)/b13-12-. The van der Waals surface area contributed by atoms with E-state index in [0.29, 0.717) is 13.2 Å². The van der Waals surface area contributed by atoms with Crippen molar-refractivity contribution < 1.29 is 4.79 Å². The van der Waals surface area contributed by atoms with Crippen LogP contribution < -0.4 is 5.32 Å². The van der Waals surface area contributed by atoms with Crippen molar-refractivity contribution in [3.05, 3.63) is 84.2 Å². The van der Waals surface area contributed by atoms with E-state index in [2.05, 4.69) is 44.2 Å². The minimum atomic E-state index is -0.0697.